The second kappa shape index (κ2) is 6.05. The van der Waals surface area contributed by atoms with E-state index in [1.165, 1.54) is 0 Å². The Morgan fingerprint density at radius 3 is 2.55 bits per heavy atom. The van der Waals surface area contributed by atoms with Crippen LogP contribution >= 0.6 is 0 Å². The van der Waals surface area contributed by atoms with Crippen molar-refractivity contribution < 1.29 is 19.5 Å². The lowest BCUT2D eigenvalue weighted by atomic mass is 9.80. The highest BCUT2D eigenvalue weighted by Gasteiger charge is 2.11. The molecule has 0 bridgehead atoms. The average Bonchev–Trinajstić information content (AvgIpc) is 2.54. The molecule has 0 spiro atoms. The summed E-state index contributed by atoms with van der Waals surface area (Å²) in [6.07, 6.45) is 0. The van der Waals surface area contributed by atoms with Gasteiger partial charge < -0.3 is 19.5 Å². The summed E-state index contributed by atoms with van der Waals surface area (Å²) in [4.78, 5) is 4.40. The number of hydrogen-bond acceptors (Lipinski definition) is 5. The van der Waals surface area contributed by atoms with Gasteiger partial charge in [-0.25, -0.2) is 4.98 Å². The minimum Gasteiger partial charge on any atom is -0.497 e. The summed E-state index contributed by atoms with van der Waals surface area (Å²) in [6.45, 7) is 0. The Kier molecular flexibility index (Phi) is 3.95. The third kappa shape index (κ3) is 3.03. The molecule has 0 saturated carbocycles. The third-order valence-electron chi connectivity index (χ3n) is 3.25. The molecule has 1 heterocycles. The normalized spacial score (nSPS) is 10.5. The molecular weight excluding hydrogens is 281 g/mol. The monoisotopic (exact) mass is 295 g/mol. The Bertz CT molecular complexity index is 807. The summed E-state index contributed by atoms with van der Waals surface area (Å²) in [7, 11) is 0.109. The van der Waals surface area contributed by atoms with E-state index in [2.05, 4.69) is 4.98 Å². The zero-order valence-corrected chi connectivity index (χ0v) is 11.9. The number of methoxy groups -OCH3 is 1. The number of fused-ring (bicyclic) bond motifs is 1. The number of aromatic nitrogens is 1. The summed E-state index contributed by atoms with van der Waals surface area (Å²) >= 11 is 0. The molecule has 2 aromatic carbocycles. The first-order chi connectivity index (χ1) is 10.7. The van der Waals surface area contributed by atoms with E-state index in [0.717, 1.165) is 5.39 Å². The van der Waals surface area contributed by atoms with Crippen molar-refractivity contribution in [2.75, 3.05) is 7.11 Å². The van der Waals surface area contributed by atoms with Crippen molar-refractivity contribution in [3.05, 3.63) is 54.6 Å². The van der Waals surface area contributed by atoms with E-state index >= 15 is 0 Å². The van der Waals surface area contributed by atoms with E-state index in [1.807, 2.05) is 24.3 Å². The van der Waals surface area contributed by atoms with Gasteiger partial charge in [0, 0.05) is 17.5 Å². The Labute approximate surface area is 127 Å². The molecule has 0 saturated heterocycles. The summed E-state index contributed by atoms with van der Waals surface area (Å²) in [5.41, 5.74) is 1.14. The van der Waals surface area contributed by atoms with Crippen LogP contribution in [-0.2, 0) is 0 Å². The highest BCUT2D eigenvalue weighted by atomic mass is 16.5. The number of hydrogen-bond donors (Lipinski definition) is 2. The van der Waals surface area contributed by atoms with Gasteiger partial charge in [-0.05, 0) is 29.7 Å². The maximum absolute atomic E-state index is 9.18. The van der Waals surface area contributed by atoms with Crippen molar-refractivity contribution in [1.29, 1.82) is 0 Å². The van der Waals surface area contributed by atoms with Crippen LogP contribution in [-0.4, -0.2) is 29.3 Å². The van der Waals surface area contributed by atoms with Crippen LogP contribution in [0.1, 0.15) is 0 Å². The van der Waals surface area contributed by atoms with E-state index in [0.29, 0.717) is 28.4 Å². The van der Waals surface area contributed by atoms with Gasteiger partial charge in [-0.15, -0.1) is 0 Å². The molecule has 0 radical (unpaired) electrons. The summed E-state index contributed by atoms with van der Waals surface area (Å²) in [6, 6.07) is 15.8. The van der Waals surface area contributed by atoms with Crippen LogP contribution < -0.4 is 14.9 Å². The highest BCUT2D eigenvalue weighted by molar-refractivity contribution is 6.58. The van der Waals surface area contributed by atoms with Gasteiger partial charge in [0.05, 0.1) is 12.6 Å². The third-order valence-corrected chi connectivity index (χ3v) is 3.25. The zero-order valence-electron chi connectivity index (χ0n) is 11.9. The predicted octanol–water partition coefficient (Wildman–Crippen LogP) is 1.72. The Hall–Kier alpha value is -2.57. The molecule has 0 unspecified atom stereocenters. The van der Waals surface area contributed by atoms with Crippen molar-refractivity contribution in [2.45, 2.75) is 0 Å². The Balaban J connectivity index is 1.90. The van der Waals surface area contributed by atoms with Crippen molar-refractivity contribution >= 4 is 23.5 Å². The first kappa shape index (κ1) is 14.4. The minimum absolute atomic E-state index is 0.427. The van der Waals surface area contributed by atoms with Gasteiger partial charge in [0.25, 0.3) is 0 Å². The van der Waals surface area contributed by atoms with Crippen molar-refractivity contribution in [3.8, 4) is 17.4 Å². The van der Waals surface area contributed by atoms with E-state index in [4.69, 9.17) is 9.47 Å². The highest BCUT2D eigenvalue weighted by Crippen LogP contribution is 2.25. The quantitative estimate of drug-likeness (QED) is 0.717. The molecule has 0 atom stereocenters. The molecule has 2 N–H and O–H groups in total. The van der Waals surface area contributed by atoms with Crippen LogP contribution in [0.5, 0.6) is 17.4 Å². The van der Waals surface area contributed by atoms with Crippen LogP contribution in [0.3, 0.4) is 0 Å². The van der Waals surface area contributed by atoms with Gasteiger partial charge in [0.15, 0.2) is 0 Å². The van der Waals surface area contributed by atoms with E-state index in [-0.39, 0.29) is 0 Å². The summed E-state index contributed by atoms with van der Waals surface area (Å²) in [5.74, 6) is 1.80. The van der Waals surface area contributed by atoms with E-state index < -0.39 is 7.12 Å². The fourth-order valence-electron chi connectivity index (χ4n) is 2.13. The number of ether oxygens (including phenoxy) is 2. The van der Waals surface area contributed by atoms with Crippen molar-refractivity contribution in [1.82, 2.24) is 4.98 Å². The molecule has 5 nitrogen and oxygen atoms in total. The zero-order chi connectivity index (χ0) is 15.5. The smallest absolute Gasteiger partial charge is 0.488 e. The van der Waals surface area contributed by atoms with Gasteiger partial charge in [0.2, 0.25) is 5.88 Å². The first-order valence-electron chi connectivity index (χ1n) is 6.74. The van der Waals surface area contributed by atoms with Crippen molar-refractivity contribution in [3.63, 3.8) is 0 Å². The minimum atomic E-state index is -1.49. The molecule has 0 fully saturated rings. The fraction of sp³-hybridized carbons (Fsp3) is 0.0625. The van der Waals surface area contributed by atoms with Gasteiger partial charge in [-0.1, -0.05) is 18.2 Å². The second-order valence-electron chi connectivity index (χ2n) is 4.76. The molecule has 110 valence electrons. The molecule has 22 heavy (non-hydrogen) atoms. The van der Waals surface area contributed by atoms with Crippen LogP contribution in [0.25, 0.3) is 10.9 Å². The van der Waals surface area contributed by atoms with Gasteiger partial charge in [-0.3, -0.25) is 0 Å². The summed E-state index contributed by atoms with van der Waals surface area (Å²) < 4.78 is 10.9. The topological polar surface area (TPSA) is 71.8 Å². The lowest BCUT2D eigenvalue weighted by molar-refractivity contribution is 0.407. The lowest BCUT2D eigenvalue weighted by Crippen LogP contribution is -2.29. The molecule has 0 aliphatic rings. The Morgan fingerprint density at radius 1 is 0.955 bits per heavy atom. The average molecular weight is 295 g/mol. The molecule has 6 heteroatoms. The number of pyridine rings is 1. The molecule has 0 aliphatic carbocycles. The van der Waals surface area contributed by atoms with E-state index in [1.54, 1.807) is 37.4 Å². The van der Waals surface area contributed by atoms with Crippen LogP contribution in [0, 0.1) is 0 Å². The van der Waals surface area contributed by atoms with Gasteiger partial charge >= 0.3 is 7.12 Å². The van der Waals surface area contributed by atoms with Crippen LogP contribution in [0.4, 0.5) is 0 Å². The maximum atomic E-state index is 9.18. The second-order valence-corrected chi connectivity index (χ2v) is 4.76. The van der Waals surface area contributed by atoms with Crippen LogP contribution in [0.15, 0.2) is 54.6 Å². The molecule has 3 rings (SSSR count). The molecule has 0 aliphatic heterocycles. The standard InChI is InChI=1S/C16H14BNO4/c1-21-13-3-2-4-14(10-13)22-16-8-5-11-9-12(17(19)20)6-7-15(11)18-16/h2-10,19-20H,1H3. The van der Waals surface area contributed by atoms with Crippen molar-refractivity contribution in [2.24, 2.45) is 0 Å². The first-order valence-corrected chi connectivity index (χ1v) is 6.74. The predicted molar refractivity (Wildman–Crippen MR) is 84.6 cm³/mol. The Morgan fingerprint density at radius 2 is 1.77 bits per heavy atom. The largest absolute Gasteiger partial charge is 0.497 e. The molecule has 1 aromatic heterocycles. The van der Waals surface area contributed by atoms with Gasteiger partial charge in [0.1, 0.15) is 11.5 Å². The molecule has 3 aromatic rings. The fourth-order valence-corrected chi connectivity index (χ4v) is 2.13. The number of benzene rings is 2. The maximum Gasteiger partial charge on any atom is 0.488 e. The molecular formula is C16H14BNO4. The number of nitrogens with zero attached hydrogens (tertiary/aromatic N) is 1. The lowest BCUT2D eigenvalue weighted by Gasteiger charge is -2.08. The van der Waals surface area contributed by atoms with E-state index in [9.17, 15) is 10.0 Å². The molecule has 0 amide bonds. The summed E-state index contributed by atoms with van der Waals surface area (Å²) in [5, 5.41) is 19.2. The van der Waals surface area contributed by atoms with Gasteiger partial charge in [-0.2, -0.15) is 0 Å². The van der Waals surface area contributed by atoms with Crippen LogP contribution in [0.2, 0.25) is 0 Å². The number of rotatable bonds is 4. The SMILES string of the molecule is COc1cccc(Oc2ccc3cc(B(O)O)ccc3n2)c1.